The van der Waals surface area contributed by atoms with Gasteiger partial charge in [0.15, 0.2) is 11.3 Å². The van der Waals surface area contributed by atoms with Crippen molar-refractivity contribution in [2.24, 2.45) is 0 Å². The second-order valence-electron chi connectivity index (χ2n) is 8.13. The van der Waals surface area contributed by atoms with Gasteiger partial charge in [-0.15, -0.1) is 0 Å². The number of carboxylic acids is 1. The van der Waals surface area contributed by atoms with E-state index in [0.717, 1.165) is 11.1 Å². The molecule has 0 atom stereocenters. The maximum absolute atomic E-state index is 13.5. The van der Waals surface area contributed by atoms with Gasteiger partial charge in [0, 0.05) is 26.2 Å². The van der Waals surface area contributed by atoms with E-state index in [1.807, 2.05) is 13.8 Å². The lowest BCUT2D eigenvalue weighted by Gasteiger charge is -2.35. The number of ether oxygens (including phenoxy) is 1. The molecule has 10 heteroatoms. The molecule has 1 saturated heterocycles. The third-order valence-electron chi connectivity index (χ3n) is 5.63. The van der Waals surface area contributed by atoms with Crippen molar-refractivity contribution in [3.05, 3.63) is 47.5 Å². The number of hydrogen-bond acceptors (Lipinski definition) is 6. The van der Waals surface area contributed by atoms with Gasteiger partial charge in [-0.3, -0.25) is 0 Å². The molecule has 1 N–H and O–H groups in total. The van der Waals surface area contributed by atoms with Crippen molar-refractivity contribution in [3.8, 4) is 5.69 Å². The van der Waals surface area contributed by atoms with E-state index in [1.54, 1.807) is 34.7 Å². The van der Waals surface area contributed by atoms with Crippen molar-refractivity contribution in [2.45, 2.75) is 26.7 Å². The van der Waals surface area contributed by atoms with Crippen LogP contribution < -0.4 is 4.90 Å². The fraction of sp³-hybridized carbons (Fsp3) is 0.391. The van der Waals surface area contributed by atoms with Gasteiger partial charge in [-0.05, 0) is 43.2 Å². The number of halogens is 1. The van der Waals surface area contributed by atoms with Crippen molar-refractivity contribution in [1.29, 1.82) is 0 Å². The van der Waals surface area contributed by atoms with E-state index in [9.17, 15) is 19.1 Å². The Morgan fingerprint density at radius 2 is 1.82 bits per heavy atom. The van der Waals surface area contributed by atoms with Gasteiger partial charge in [-0.2, -0.15) is 5.10 Å². The summed E-state index contributed by atoms with van der Waals surface area (Å²) in [7, 11) is 0. The van der Waals surface area contributed by atoms with Crippen molar-refractivity contribution < 1.29 is 23.8 Å². The first kappa shape index (κ1) is 22.5. The minimum absolute atomic E-state index is 0.0336. The number of amides is 1. The van der Waals surface area contributed by atoms with Gasteiger partial charge in [0.1, 0.15) is 5.82 Å². The Balaban J connectivity index is 1.83. The topological polar surface area (TPSA) is 101 Å². The molecule has 0 aliphatic carbocycles. The molecule has 3 heterocycles. The molecule has 1 fully saturated rings. The molecule has 1 aliphatic heterocycles. The predicted molar refractivity (Wildman–Crippen MR) is 121 cm³/mol. The molecule has 0 spiro atoms. The summed E-state index contributed by atoms with van der Waals surface area (Å²) >= 11 is 0. The highest BCUT2D eigenvalue weighted by atomic mass is 19.1. The van der Waals surface area contributed by atoms with Crippen LogP contribution in [-0.4, -0.2) is 69.6 Å². The summed E-state index contributed by atoms with van der Waals surface area (Å²) in [6.45, 7) is 8.01. The number of carbonyl (C=O) groups is 2. The van der Waals surface area contributed by atoms with Gasteiger partial charge >= 0.3 is 12.1 Å². The SMILES string of the molecule is CCOC(=O)N1CCN(c2cc(C(=O)O)nc3c2c(C(C)C)nn3-c2ccc(F)cc2)CC1. The number of nitrogens with zero attached hydrogens (tertiary/aromatic N) is 5. The van der Waals surface area contributed by atoms with E-state index >= 15 is 0 Å². The van der Waals surface area contributed by atoms with Gasteiger partial charge in [0.05, 0.1) is 29.1 Å². The maximum atomic E-state index is 13.5. The van der Waals surface area contributed by atoms with Crippen molar-refractivity contribution in [3.63, 3.8) is 0 Å². The van der Waals surface area contributed by atoms with Crippen molar-refractivity contribution in [1.82, 2.24) is 19.7 Å². The lowest BCUT2D eigenvalue weighted by atomic mass is 10.0. The molecule has 174 valence electrons. The number of aromatic carboxylic acids is 1. The lowest BCUT2D eigenvalue weighted by molar-refractivity contribution is 0.0690. The first-order chi connectivity index (χ1) is 15.8. The number of carbonyl (C=O) groups excluding carboxylic acids is 1. The van der Waals surface area contributed by atoms with E-state index in [4.69, 9.17) is 9.84 Å². The first-order valence-electron chi connectivity index (χ1n) is 10.9. The van der Waals surface area contributed by atoms with E-state index in [-0.39, 0.29) is 23.5 Å². The van der Waals surface area contributed by atoms with Crippen LogP contribution in [0, 0.1) is 5.82 Å². The summed E-state index contributed by atoms with van der Waals surface area (Å²) in [6, 6.07) is 7.38. The number of benzene rings is 1. The first-order valence-corrected chi connectivity index (χ1v) is 10.9. The van der Waals surface area contributed by atoms with Crippen LogP contribution in [0.5, 0.6) is 0 Å². The van der Waals surface area contributed by atoms with Crippen molar-refractivity contribution >= 4 is 28.8 Å². The summed E-state index contributed by atoms with van der Waals surface area (Å²) in [5, 5.41) is 15.2. The van der Waals surface area contributed by atoms with Gasteiger partial charge in [0.25, 0.3) is 0 Å². The summed E-state index contributed by atoms with van der Waals surface area (Å²) in [6.07, 6.45) is -0.352. The number of carboxylic acid groups (broad SMARTS) is 1. The Hall–Kier alpha value is -3.69. The number of anilines is 1. The van der Waals surface area contributed by atoms with E-state index in [0.29, 0.717) is 49.8 Å². The molecule has 0 saturated carbocycles. The second kappa shape index (κ2) is 9.05. The highest BCUT2D eigenvalue weighted by Gasteiger charge is 2.28. The second-order valence-corrected chi connectivity index (χ2v) is 8.13. The zero-order valence-corrected chi connectivity index (χ0v) is 18.8. The number of rotatable bonds is 5. The number of hydrogen-bond donors (Lipinski definition) is 1. The summed E-state index contributed by atoms with van der Waals surface area (Å²) in [4.78, 5) is 32.1. The monoisotopic (exact) mass is 455 g/mol. The maximum Gasteiger partial charge on any atom is 0.409 e. The van der Waals surface area contributed by atoms with Crippen LogP contribution in [-0.2, 0) is 4.74 Å². The van der Waals surface area contributed by atoms with Crippen LogP contribution in [0.1, 0.15) is 42.9 Å². The fourth-order valence-corrected chi connectivity index (χ4v) is 3.99. The molecule has 1 aromatic carbocycles. The average molecular weight is 455 g/mol. The molecule has 3 aromatic rings. The van der Waals surface area contributed by atoms with E-state index < -0.39 is 5.97 Å². The molecule has 1 amide bonds. The van der Waals surface area contributed by atoms with Crippen LogP contribution in [0.3, 0.4) is 0 Å². The zero-order valence-electron chi connectivity index (χ0n) is 18.8. The molecule has 4 rings (SSSR count). The minimum atomic E-state index is -1.15. The van der Waals surface area contributed by atoms with Gasteiger partial charge < -0.3 is 19.6 Å². The molecule has 1 aliphatic rings. The third-order valence-corrected chi connectivity index (χ3v) is 5.63. The zero-order chi connectivity index (χ0) is 23.7. The average Bonchev–Trinajstić information content (AvgIpc) is 3.19. The Labute approximate surface area is 190 Å². The fourth-order valence-electron chi connectivity index (χ4n) is 3.99. The highest BCUT2D eigenvalue weighted by molar-refractivity contribution is 5.98. The minimum Gasteiger partial charge on any atom is -0.477 e. The Kier molecular flexibility index (Phi) is 6.17. The third kappa shape index (κ3) is 4.33. The van der Waals surface area contributed by atoms with Gasteiger partial charge in [-0.1, -0.05) is 13.8 Å². The highest BCUT2D eigenvalue weighted by Crippen LogP contribution is 2.35. The Morgan fingerprint density at radius 1 is 1.15 bits per heavy atom. The van der Waals surface area contributed by atoms with Crippen LogP contribution in [0.2, 0.25) is 0 Å². The molecule has 0 radical (unpaired) electrons. The number of aromatic nitrogens is 3. The predicted octanol–water partition coefficient (Wildman–Crippen LogP) is 3.66. The molecule has 33 heavy (non-hydrogen) atoms. The number of fused-ring (bicyclic) bond motifs is 1. The normalized spacial score (nSPS) is 14.2. The van der Waals surface area contributed by atoms with E-state index in [2.05, 4.69) is 9.88 Å². The number of piperazine rings is 1. The summed E-state index contributed by atoms with van der Waals surface area (Å²) < 4.78 is 20.2. The molecule has 9 nitrogen and oxygen atoms in total. The lowest BCUT2D eigenvalue weighted by Crippen LogP contribution is -2.49. The molecule has 0 bridgehead atoms. The quantitative estimate of drug-likeness (QED) is 0.627. The molecular weight excluding hydrogens is 429 g/mol. The van der Waals surface area contributed by atoms with Gasteiger partial charge in [-0.25, -0.2) is 23.6 Å². The van der Waals surface area contributed by atoms with Crippen molar-refractivity contribution in [2.75, 3.05) is 37.7 Å². The molecule has 2 aromatic heterocycles. The number of pyridine rings is 1. The van der Waals surface area contributed by atoms with Crippen LogP contribution >= 0.6 is 0 Å². The Morgan fingerprint density at radius 3 is 2.39 bits per heavy atom. The Bertz CT molecular complexity index is 1180. The van der Waals surface area contributed by atoms with Crippen LogP contribution in [0.15, 0.2) is 30.3 Å². The van der Waals surface area contributed by atoms with Crippen LogP contribution in [0.25, 0.3) is 16.7 Å². The molecular formula is C23H26FN5O4. The molecule has 0 unspecified atom stereocenters. The summed E-state index contributed by atoms with van der Waals surface area (Å²) in [5.41, 5.74) is 2.35. The largest absolute Gasteiger partial charge is 0.477 e. The van der Waals surface area contributed by atoms with Gasteiger partial charge in [0.2, 0.25) is 0 Å². The van der Waals surface area contributed by atoms with E-state index in [1.165, 1.54) is 12.1 Å². The van der Waals surface area contributed by atoms with Crippen LogP contribution in [0.4, 0.5) is 14.9 Å². The summed E-state index contributed by atoms with van der Waals surface area (Å²) in [5.74, 6) is -1.49. The smallest absolute Gasteiger partial charge is 0.409 e. The standard InChI is InChI=1S/C23H26FN5O4/c1-4-33-23(32)28-11-9-27(10-12-28)18-13-17(22(30)31)25-21-19(18)20(14(2)3)26-29(21)16-7-5-15(24)6-8-16/h5-8,13-14H,4,9-12H2,1-3H3,(H,30,31).